The number of nitrogen functional groups attached to an aromatic ring is 1. The van der Waals surface area contributed by atoms with Crippen molar-refractivity contribution in [3.05, 3.63) is 29.6 Å². The topological polar surface area (TPSA) is 55.1 Å². The van der Waals surface area contributed by atoms with Crippen molar-refractivity contribution in [2.75, 3.05) is 5.73 Å². The van der Waals surface area contributed by atoms with E-state index in [1.165, 1.54) is 12.1 Å². The Morgan fingerprint density at radius 1 is 1.50 bits per heavy atom. The van der Waals surface area contributed by atoms with Crippen LogP contribution in [-0.2, 0) is 4.79 Å². The molecule has 86 valence electrons. The zero-order valence-corrected chi connectivity index (χ0v) is 9.38. The van der Waals surface area contributed by atoms with Crippen LogP contribution in [0.5, 0.6) is 0 Å². The molecule has 0 spiro atoms. The lowest BCUT2D eigenvalue weighted by Gasteiger charge is -2.26. The second kappa shape index (κ2) is 3.47. The standard InChI is InChI=1S/C12H15FN2O/c1-12(2)6-10(16)15-11(12)8-5-7(14)3-4-9(8)13/h3-5,11H,6,14H2,1-2H3,(H,15,16)/t11-/m1/s1. The van der Waals surface area contributed by atoms with E-state index in [1.807, 2.05) is 13.8 Å². The number of hydrogen-bond acceptors (Lipinski definition) is 2. The molecule has 1 atom stereocenters. The summed E-state index contributed by atoms with van der Waals surface area (Å²) in [6, 6.07) is 4.14. The molecular formula is C12H15FN2O. The lowest BCUT2D eigenvalue weighted by atomic mass is 9.81. The second-order valence-corrected chi connectivity index (χ2v) is 4.95. The van der Waals surface area contributed by atoms with Crippen LogP contribution >= 0.6 is 0 Å². The number of rotatable bonds is 1. The van der Waals surface area contributed by atoms with Crippen LogP contribution in [0, 0.1) is 11.2 Å². The monoisotopic (exact) mass is 222 g/mol. The average molecular weight is 222 g/mol. The van der Waals surface area contributed by atoms with Gasteiger partial charge in [-0.3, -0.25) is 4.79 Å². The van der Waals surface area contributed by atoms with Crippen molar-refractivity contribution in [1.29, 1.82) is 0 Å². The molecule has 1 aliphatic heterocycles. The molecule has 1 aliphatic rings. The molecule has 3 nitrogen and oxygen atoms in total. The minimum Gasteiger partial charge on any atom is -0.399 e. The van der Waals surface area contributed by atoms with Crippen LogP contribution in [-0.4, -0.2) is 5.91 Å². The van der Waals surface area contributed by atoms with Crippen LogP contribution < -0.4 is 11.1 Å². The third kappa shape index (κ3) is 1.75. The molecule has 1 fully saturated rings. The summed E-state index contributed by atoms with van der Waals surface area (Å²) in [6.45, 7) is 3.89. The Balaban J connectivity index is 2.44. The number of hydrogen-bond donors (Lipinski definition) is 2. The molecule has 1 saturated heterocycles. The molecule has 1 amide bonds. The number of carbonyl (C=O) groups is 1. The van der Waals surface area contributed by atoms with Crippen LogP contribution in [0.25, 0.3) is 0 Å². The third-order valence-electron chi connectivity index (χ3n) is 3.03. The van der Waals surface area contributed by atoms with E-state index >= 15 is 0 Å². The molecule has 0 radical (unpaired) electrons. The summed E-state index contributed by atoms with van der Waals surface area (Å²) >= 11 is 0. The molecule has 0 aromatic heterocycles. The maximum Gasteiger partial charge on any atom is 0.221 e. The Kier molecular flexibility index (Phi) is 2.37. The highest BCUT2D eigenvalue weighted by atomic mass is 19.1. The molecule has 0 unspecified atom stereocenters. The van der Waals surface area contributed by atoms with Crippen LogP contribution in [0.15, 0.2) is 18.2 Å². The number of nitrogens with one attached hydrogen (secondary N) is 1. The zero-order chi connectivity index (χ0) is 11.9. The van der Waals surface area contributed by atoms with E-state index < -0.39 is 0 Å². The van der Waals surface area contributed by atoms with E-state index in [2.05, 4.69) is 5.32 Å². The first kappa shape index (κ1) is 10.9. The number of nitrogens with two attached hydrogens (primary N) is 1. The van der Waals surface area contributed by atoms with Gasteiger partial charge in [0, 0.05) is 17.7 Å². The van der Waals surface area contributed by atoms with E-state index in [9.17, 15) is 9.18 Å². The number of halogens is 1. The lowest BCUT2D eigenvalue weighted by Crippen LogP contribution is -2.25. The van der Waals surface area contributed by atoms with Crippen molar-refractivity contribution >= 4 is 11.6 Å². The van der Waals surface area contributed by atoms with Gasteiger partial charge in [-0.05, 0) is 23.6 Å². The summed E-state index contributed by atoms with van der Waals surface area (Å²) < 4.78 is 13.7. The van der Waals surface area contributed by atoms with Crippen molar-refractivity contribution < 1.29 is 9.18 Å². The molecule has 1 heterocycles. The number of anilines is 1. The summed E-state index contributed by atoms with van der Waals surface area (Å²) in [5.74, 6) is -0.369. The smallest absolute Gasteiger partial charge is 0.221 e. The number of amides is 1. The van der Waals surface area contributed by atoms with E-state index in [4.69, 9.17) is 5.73 Å². The van der Waals surface area contributed by atoms with Gasteiger partial charge in [0.2, 0.25) is 5.91 Å². The predicted molar refractivity (Wildman–Crippen MR) is 60.1 cm³/mol. The number of carbonyl (C=O) groups excluding carboxylic acids is 1. The van der Waals surface area contributed by atoms with Gasteiger partial charge in [-0.15, -0.1) is 0 Å². The Hall–Kier alpha value is -1.58. The lowest BCUT2D eigenvalue weighted by molar-refractivity contribution is -0.119. The highest BCUT2D eigenvalue weighted by Gasteiger charge is 2.41. The summed E-state index contributed by atoms with van der Waals surface area (Å²) in [6.07, 6.45) is 0.409. The van der Waals surface area contributed by atoms with Crippen molar-refractivity contribution in [2.45, 2.75) is 26.3 Å². The van der Waals surface area contributed by atoms with Gasteiger partial charge in [0.1, 0.15) is 5.82 Å². The first-order valence-corrected chi connectivity index (χ1v) is 5.24. The highest BCUT2D eigenvalue weighted by molar-refractivity contribution is 5.80. The van der Waals surface area contributed by atoms with Crippen molar-refractivity contribution in [2.24, 2.45) is 5.41 Å². The Morgan fingerprint density at radius 3 is 2.75 bits per heavy atom. The van der Waals surface area contributed by atoms with Gasteiger partial charge in [-0.1, -0.05) is 13.8 Å². The highest BCUT2D eigenvalue weighted by Crippen LogP contribution is 2.42. The van der Waals surface area contributed by atoms with Gasteiger partial charge in [-0.25, -0.2) is 4.39 Å². The molecule has 16 heavy (non-hydrogen) atoms. The van der Waals surface area contributed by atoms with Crippen molar-refractivity contribution in [1.82, 2.24) is 5.32 Å². The third-order valence-corrected chi connectivity index (χ3v) is 3.03. The first-order valence-electron chi connectivity index (χ1n) is 5.24. The molecule has 2 rings (SSSR count). The Morgan fingerprint density at radius 2 is 2.19 bits per heavy atom. The molecule has 1 aromatic rings. The zero-order valence-electron chi connectivity index (χ0n) is 9.38. The maximum absolute atomic E-state index is 13.7. The van der Waals surface area contributed by atoms with E-state index in [0.717, 1.165) is 0 Å². The van der Waals surface area contributed by atoms with Crippen LogP contribution in [0.4, 0.5) is 10.1 Å². The van der Waals surface area contributed by atoms with Crippen LogP contribution in [0.2, 0.25) is 0 Å². The molecule has 3 N–H and O–H groups in total. The van der Waals surface area contributed by atoms with E-state index in [-0.39, 0.29) is 23.2 Å². The molecule has 0 bridgehead atoms. The minimum absolute atomic E-state index is 0.0446. The second-order valence-electron chi connectivity index (χ2n) is 4.95. The maximum atomic E-state index is 13.7. The fourth-order valence-corrected chi connectivity index (χ4v) is 2.21. The molecule has 0 aliphatic carbocycles. The van der Waals surface area contributed by atoms with Crippen molar-refractivity contribution in [3.8, 4) is 0 Å². The average Bonchev–Trinajstić information content (AvgIpc) is 2.43. The van der Waals surface area contributed by atoms with E-state index in [1.54, 1.807) is 6.07 Å². The number of benzene rings is 1. The largest absolute Gasteiger partial charge is 0.399 e. The van der Waals surface area contributed by atoms with Crippen LogP contribution in [0.1, 0.15) is 31.9 Å². The molecule has 4 heteroatoms. The van der Waals surface area contributed by atoms with Gasteiger partial charge in [-0.2, -0.15) is 0 Å². The molecule has 1 aromatic carbocycles. The van der Waals surface area contributed by atoms with Gasteiger partial charge < -0.3 is 11.1 Å². The summed E-state index contributed by atoms with van der Waals surface area (Å²) in [7, 11) is 0. The van der Waals surface area contributed by atoms with E-state index in [0.29, 0.717) is 17.7 Å². The minimum atomic E-state index is -0.325. The fraction of sp³-hybridized carbons (Fsp3) is 0.417. The normalized spacial score (nSPS) is 23.2. The quantitative estimate of drug-likeness (QED) is 0.714. The SMILES string of the molecule is CC1(C)CC(=O)N[C@@H]1c1cc(N)ccc1F. The fourth-order valence-electron chi connectivity index (χ4n) is 2.21. The Labute approximate surface area is 93.8 Å². The van der Waals surface area contributed by atoms with Crippen molar-refractivity contribution in [3.63, 3.8) is 0 Å². The predicted octanol–water partition coefficient (Wildman–Crippen LogP) is 2.00. The summed E-state index contributed by atoms with van der Waals surface area (Å²) in [5, 5.41) is 2.79. The van der Waals surface area contributed by atoms with Crippen LogP contribution in [0.3, 0.4) is 0 Å². The summed E-state index contributed by atoms with van der Waals surface area (Å²) in [5.41, 5.74) is 6.33. The summed E-state index contributed by atoms with van der Waals surface area (Å²) in [4.78, 5) is 11.4. The Bertz CT molecular complexity index is 443. The van der Waals surface area contributed by atoms with Gasteiger partial charge in [0.25, 0.3) is 0 Å². The van der Waals surface area contributed by atoms with Gasteiger partial charge in [0.05, 0.1) is 6.04 Å². The molecular weight excluding hydrogens is 207 g/mol. The molecule has 0 saturated carbocycles. The first-order chi connectivity index (χ1) is 7.40. The van der Waals surface area contributed by atoms with Gasteiger partial charge >= 0.3 is 0 Å². The van der Waals surface area contributed by atoms with Gasteiger partial charge in [0.15, 0.2) is 0 Å².